The number of rotatable bonds is 3. The molecule has 132 valence electrons. The van der Waals surface area contributed by atoms with Gasteiger partial charge >= 0.3 is 0 Å². The second-order valence-electron chi connectivity index (χ2n) is 6.23. The van der Waals surface area contributed by atoms with E-state index in [2.05, 4.69) is 0 Å². The van der Waals surface area contributed by atoms with E-state index >= 15 is 0 Å². The fraction of sp³-hybridized carbons (Fsp3) is 0.278. The Morgan fingerprint density at radius 2 is 1.68 bits per heavy atom. The Hall–Kier alpha value is -2.25. The second-order valence-corrected chi connectivity index (χ2v) is 8.12. The van der Waals surface area contributed by atoms with Gasteiger partial charge in [0.05, 0.1) is 4.90 Å². The van der Waals surface area contributed by atoms with Gasteiger partial charge in [0.2, 0.25) is 15.9 Å². The van der Waals surface area contributed by atoms with Gasteiger partial charge in [-0.1, -0.05) is 24.3 Å². The first-order chi connectivity index (χ1) is 11.8. The Labute approximate surface area is 146 Å². The molecule has 25 heavy (non-hydrogen) atoms. The number of carbonyl (C=O) groups is 1. The number of carbonyl (C=O) groups excluding carboxylic acids is 1. The highest BCUT2D eigenvalue weighted by atomic mass is 32.2. The molecule has 1 amide bonds. The number of amides is 1. The Morgan fingerprint density at radius 1 is 1.08 bits per heavy atom. The number of hydrogen-bond acceptors (Lipinski definition) is 3. The van der Waals surface area contributed by atoms with E-state index in [1.54, 1.807) is 14.1 Å². The van der Waals surface area contributed by atoms with E-state index < -0.39 is 21.9 Å². The Bertz CT molecular complexity index is 895. The molecule has 0 saturated carbocycles. The maximum Gasteiger partial charge on any atom is 0.244 e. The van der Waals surface area contributed by atoms with E-state index in [0.29, 0.717) is 6.42 Å². The molecule has 1 aliphatic heterocycles. The molecule has 0 aliphatic carbocycles. The van der Waals surface area contributed by atoms with Crippen LogP contribution in [0.4, 0.5) is 4.39 Å². The van der Waals surface area contributed by atoms with Crippen molar-refractivity contribution in [1.29, 1.82) is 0 Å². The van der Waals surface area contributed by atoms with Gasteiger partial charge in [-0.15, -0.1) is 0 Å². The van der Waals surface area contributed by atoms with E-state index in [4.69, 9.17) is 0 Å². The summed E-state index contributed by atoms with van der Waals surface area (Å²) in [6, 6.07) is 11.3. The minimum atomic E-state index is -3.93. The lowest BCUT2D eigenvalue weighted by atomic mass is 9.95. The molecule has 0 spiro atoms. The second kappa shape index (κ2) is 6.57. The topological polar surface area (TPSA) is 57.7 Å². The molecule has 0 aromatic heterocycles. The van der Waals surface area contributed by atoms with Gasteiger partial charge in [-0.25, -0.2) is 12.8 Å². The smallest absolute Gasteiger partial charge is 0.244 e. The first-order valence-electron chi connectivity index (χ1n) is 7.86. The average molecular weight is 362 g/mol. The first kappa shape index (κ1) is 17.6. The molecule has 2 aromatic carbocycles. The lowest BCUT2D eigenvalue weighted by molar-refractivity contribution is -0.133. The molecular formula is C18H19FN2O3S. The minimum Gasteiger partial charge on any atom is -0.347 e. The van der Waals surface area contributed by atoms with Crippen molar-refractivity contribution in [2.24, 2.45) is 0 Å². The summed E-state index contributed by atoms with van der Waals surface area (Å²) >= 11 is 0. The van der Waals surface area contributed by atoms with Gasteiger partial charge in [0, 0.05) is 20.6 Å². The molecule has 2 aromatic rings. The highest BCUT2D eigenvalue weighted by molar-refractivity contribution is 7.89. The monoisotopic (exact) mass is 362 g/mol. The number of hydrogen-bond donors (Lipinski definition) is 0. The molecule has 0 unspecified atom stereocenters. The van der Waals surface area contributed by atoms with Crippen molar-refractivity contribution in [3.05, 3.63) is 65.5 Å². The molecule has 1 aliphatic rings. The van der Waals surface area contributed by atoms with Gasteiger partial charge < -0.3 is 4.90 Å². The molecule has 1 heterocycles. The van der Waals surface area contributed by atoms with Crippen LogP contribution in [0.5, 0.6) is 0 Å². The van der Waals surface area contributed by atoms with Crippen LogP contribution in [0.1, 0.15) is 11.1 Å². The molecule has 7 heteroatoms. The predicted octanol–water partition coefficient (Wildman–Crippen LogP) is 2.03. The van der Waals surface area contributed by atoms with Crippen molar-refractivity contribution in [3.63, 3.8) is 0 Å². The van der Waals surface area contributed by atoms with Crippen LogP contribution in [0.2, 0.25) is 0 Å². The Kier molecular flexibility index (Phi) is 4.62. The van der Waals surface area contributed by atoms with Crippen LogP contribution in [-0.2, 0) is 27.8 Å². The molecule has 1 atom stereocenters. The molecule has 3 rings (SSSR count). The zero-order chi connectivity index (χ0) is 18.2. The number of nitrogens with zero attached hydrogens (tertiary/aromatic N) is 2. The van der Waals surface area contributed by atoms with E-state index in [1.807, 2.05) is 24.3 Å². The third-order valence-corrected chi connectivity index (χ3v) is 6.22. The third kappa shape index (κ3) is 3.29. The summed E-state index contributed by atoms with van der Waals surface area (Å²) in [6.07, 6.45) is 0.313. The maximum atomic E-state index is 13.2. The van der Waals surface area contributed by atoms with Crippen LogP contribution < -0.4 is 0 Å². The predicted molar refractivity (Wildman–Crippen MR) is 91.8 cm³/mol. The summed E-state index contributed by atoms with van der Waals surface area (Å²) in [7, 11) is -0.725. The summed E-state index contributed by atoms with van der Waals surface area (Å²) in [4.78, 5) is 14.0. The van der Waals surface area contributed by atoms with Crippen molar-refractivity contribution in [2.75, 3.05) is 14.1 Å². The van der Waals surface area contributed by atoms with Gasteiger partial charge in [-0.3, -0.25) is 4.79 Å². The van der Waals surface area contributed by atoms with Gasteiger partial charge in [0.25, 0.3) is 0 Å². The van der Waals surface area contributed by atoms with E-state index in [0.717, 1.165) is 23.3 Å². The van der Waals surface area contributed by atoms with Gasteiger partial charge in [-0.2, -0.15) is 4.31 Å². The standard InChI is InChI=1S/C18H19FN2O3S/c1-20(2)18(22)17-11-13-5-3-4-6-14(13)12-21(17)25(23,24)16-9-7-15(19)8-10-16/h3-10,17H,11-12H2,1-2H3/t17-/m1/s1. The number of likely N-dealkylation sites (N-methyl/N-ethyl adjacent to an activating group) is 1. The molecule has 0 N–H and O–H groups in total. The molecular weight excluding hydrogens is 343 g/mol. The molecule has 0 saturated heterocycles. The fourth-order valence-electron chi connectivity index (χ4n) is 3.00. The Balaban J connectivity index is 2.07. The zero-order valence-corrected chi connectivity index (χ0v) is 14.8. The summed E-state index contributed by atoms with van der Waals surface area (Å²) in [5.74, 6) is -0.788. The van der Waals surface area contributed by atoms with Crippen LogP contribution in [0.3, 0.4) is 0 Å². The summed E-state index contributed by atoms with van der Waals surface area (Å²) in [5.41, 5.74) is 1.84. The normalized spacial score (nSPS) is 17.8. The average Bonchev–Trinajstić information content (AvgIpc) is 2.60. The fourth-order valence-corrected chi connectivity index (χ4v) is 4.56. The van der Waals surface area contributed by atoms with Crippen LogP contribution in [0.15, 0.2) is 53.4 Å². The first-order valence-corrected chi connectivity index (χ1v) is 9.30. The minimum absolute atomic E-state index is 0.0233. The zero-order valence-electron chi connectivity index (χ0n) is 14.0. The molecule has 0 fully saturated rings. The van der Waals surface area contributed by atoms with Crippen LogP contribution in [0.25, 0.3) is 0 Å². The van der Waals surface area contributed by atoms with E-state index in [1.165, 1.54) is 21.3 Å². The van der Waals surface area contributed by atoms with Crippen molar-refractivity contribution in [1.82, 2.24) is 9.21 Å². The van der Waals surface area contributed by atoms with Crippen LogP contribution in [0, 0.1) is 5.82 Å². The lowest BCUT2D eigenvalue weighted by Crippen LogP contribution is -2.52. The third-order valence-electron chi connectivity index (χ3n) is 4.35. The van der Waals surface area contributed by atoms with Crippen LogP contribution >= 0.6 is 0 Å². The summed E-state index contributed by atoms with van der Waals surface area (Å²) < 4.78 is 40.5. The van der Waals surface area contributed by atoms with Gasteiger partial charge in [0.1, 0.15) is 11.9 Å². The number of benzene rings is 2. The molecule has 0 bridgehead atoms. The van der Waals surface area contributed by atoms with Gasteiger partial charge in [0.15, 0.2) is 0 Å². The van der Waals surface area contributed by atoms with Crippen molar-refractivity contribution in [2.45, 2.75) is 23.9 Å². The van der Waals surface area contributed by atoms with Gasteiger partial charge in [-0.05, 0) is 41.8 Å². The quantitative estimate of drug-likeness (QED) is 0.840. The number of halogens is 1. The molecule has 0 radical (unpaired) electrons. The Morgan fingerprint density at radius 3 is 2.28 bits per heavy atom. The summed E-state index contributed by atoms with van der Waals surface area (Å²) in [5, 5.41) is 0. The maximum absolute atomic E-state index is 13.2. The van der Waals surface area contributed by atoms with Crippen LogP contribution in [-0.4, -0.2) is 43.7 Å². The van der Waals surface area contributed by atoms with Crippen molar-refractivity contribution < 1.29 is 17.6 Å². The summed E-state index contributed by atoms with van der Waals surface area (Å²) in [6.45, 7) is 0.111. The number of sulfonamides is 1. The lowest BCUT2D eigenvalue weighted by Gasteiger charge is -2.36. The molecule has 5 nitrogen and oxygen atoms in total. The van der Waals surface area contributed by atoms with Crippen molar-refractivity contribution >= 4 is 15.9 Å². The number of fused-ring (bicyclic) bond motifs is 1. The largest absolute Gasteiger partial charge is 0.347 e. The highest BCUT2D eigenvalue weighted by Gasteiger charge is 2.40. The van der Waals surface area contributed by atoms with E-state index in [-0.39, 0.29) is 17.3 Å². The van der Waals surface area contributed by atoms with Crippen molar-refractivity contribution in [3.8, 4) is 0 Å². The van der Waals surface area contributed by atoms with E-state index in [9.17, 15) is 17.6 Å². The highest BCUT2D eigenvalue weighted by Crippen LogP contribution is 2.29. The SMILES string of the molecule is CN(C)C(=O)[C@H]1Cc2ccccc2CN1S(=O)(=O)c1ccc(F)cc1.